The second-order valence-electron chi connectivity index (χ2n) is 8.57. The topological polar surface area (TPSA) is 55.2 Å². The summed E-state index contributed by atoms with van der Waals surface area (Å²) in [6.07, 6.45) is 7.25. The first-order chi connectivity index (χ1) is 14.1. The molecule has 1 aliphatic carbocycles. The summed E-state index contributed by atoms with van der Waals surface area (Å²) < 4.78 is 1.77. The summed E-state index contributed by atoms with van der Waals surface area (Å²) in [7, 11) is 0. The number of hydrogen-bond acceptors (Lipinski definition) is 4. The molecule has 0 spiro atoms. The second-order valence-corrected chi connectivity index (χ2v) is 9.51. The normalized spacial score (nSPS) is 23.0. The van der Waals surface area contributed by atoms with E-state index in [-0.39, 0.29) is 17.5 Å². The Balaban J connectivity index is 1.51. The lowest BCUT2D eigenvalue weighted by Gasteiger charge is -2.41. The lowest BCUT2D eigenvalue weighted by atomic mass is 9.75. The molecule has 1 aromatic carbocycles. The molecule has 5 nitrogen and oxygen atoms in total. The van der Waals surface area contributed by atoms with E-state index in [9.17, 15) is 9.59 Å². The zero-order valence-electron chi connectivity index (χ0n) is 17.5. The Labute approximate surface area is 176 Å². The Kier molecular flexibility index (Phi) is 6.28. The first-order valence-corrected chi connectivity index (χ1v) is 12.0. The third-order valence-corrected chi connectivity index (χ3v) is 7.71. The van der Waals surface area contributed by atoms with Gasteiger partial charge in [0.25, 0.3) is 5.56 Å². The highest BCUT2D eigenvalue weighted by atomic mass is 32.2. The van der Waals surface area contributed by atoms with Crippen LogP contribution in [0.1, 0.15) is 58.4 Å². The predicted molar refractivity (Wildman–Crippen MR) is 118 cm³/mol. The number of thioether (sulfide) groups is 1. The lowest BCUT2D eigenvalue weighted by molar-refractivity contribution is -0.131. The molecule has 1 amide bonds. The van der Waals surface area contributed by atoms with Crippen molar-refractivity contribution >= 4 is 28.6 Å². The number of fused-ring (bicyclic) bond motifs is 2. The van der Waals surface area contributed by atoms with Crippen LogP contribution in [-0.2, 0) is 4.79 Å². The zero-order valence-corrected chi connectivity index (χ0v) is 18.3. The lowest BCUT2D eigenvalue weighted by Crippen LogP contribution is -2.45. The first-order valence-electron chi connectivity index (χ1n) is 11.0. The smallest absolute Gasteiger partial charge is 0.262 e. The molecule has 2 aromatic rings. The second kappa shape index (κ2) is 8.90. The average molecular weight is 414 g/mol. The van der Waals surface area contributed by atoms with Gasteiger partial charge in [0.2, 0.25) is 5.91 Å². The van der Waals surface area contributed by atoms with Gasteiger partial charge >= 0.3 is 0 Å². The number of rotatable bonds is 5. The van der Waals surface area contributed by atoms with Crippen LogP contribution >= 0.6 is 11.8 Å². The molecule has 156 valence electrons. The molecule has 6 heteroatoms. The van der Waals surface area contributed by atoms with Crippen molar-refractivity contribution in [3.63, 3.8) is 0 Å². The molecule has 2 aliphatic rings. The fourth-order valence-corrected chi connectivity index (χ4v) is 5.84. The molecule has 2 heterocycles. The number of benzene rings is 1. The van der Waals surface area contributed by atoms with Gasteiger partial charge in [0.1, 0.15) is 0 Å². The van der Waals surface area contributed by atoms with E-state index in [2.05, 4.69) is 6.92 Å². The molecule has 1 aromatic heterocycles. The molecule has 1 saturated carbocycles. The van der Waals surface area contributed by atoms with Crippen LogP contribution in [-0.4, -0.2) is 39.2 Å². The quantitative estimate of drug-likeness (QED) is 0.535. The minimum Gasteiger partial charge on any atom is -0.342 e. The minimum atomic E-state index is -0.0112. The van der Waals surface area contributed by atoms with Crippen molar-refractivity contribution in [1.82, 2.24) is 14.5 Å². The Morgan fingerprint density at radius 1 is 1.21 bits per heavy atom. The first kappa shape index (κ1) is 20.5. The Bertz CT molecular complexity index is 941. The number of hydrogen-bond donors (Lipinski definition) is 0. The molecule has 4 rings (SSSR count). The number of para-hydroxylation sites is 1. The Morgan fingerprint density at radius 3 is 2.76 bits per heavy atom. The summed E-state index contributed by atoms with van der Waals surface area (Å²) in [4.78, 5) is 32.8. The Hall–Kier alpha value is -1.82. The number of aromatic nitrogens is 2. The van der Waals surface area contributed by atoms with Gasteiger partial charge in [-0.3, -0.25) is 14.2 Å². The van der Waals surface area contributed by atoms with Crippen LogP contribution in [0.4, 0.5) is 0 Å². The molecule has 2 fully saturated rings. The summed E-state index contributed by atoms with van der Waals surface area (Å²) in [6.45, 7) is 5.90. The molecule has 0 unspecified atom stereocenters. The van der Waals surface area contributed by atoms with Gasteiger partial charge in [-0.25, -0.2) is 4.98 Å². The molecule has 1 saturated heterocycles. The minimum absolute atomic E-state index is 0.0112. The maximum Gasteiger partial charge on any atom is 0.262 e. The van der Waals surface area contributed by atoms with Crippen LogP contribution < -0.4 is 5.56 Å². The number of carbonyl (C=O) groups excluding carboxylic acids is 1. The standard InChI is InChI=1S/C23H31N3O2S/c1-3-16(2)26-22(28)19-10-6-7-11-20(19)24-23(26)29-15-21(27)25-13-12-17-8-4-5-9-18(17)14-25/h6-7,10-11,16-18H,3-5,8-9,12-15H2,1-2H3/t16-,17-,18-/m1/s1. The number of piperidine rings is 1. The number of likely N-dealkylation sites (tertiary alicyclic amines) is 1. The van der Waals surface area contributed by atoms with Crippen LogP contribution in [0.25, 0.3) is 10.9 Å². The molecule has 0 radical (unpaired) electrons. The van der Waals surface area contributed by atoms with Gasteiger partial charge in [0.15, 0.2) is 5.16 Å². The summed E-state index contributed by atoms with van der Waals surface area (Å²) in [5.74, 6) is 2.03. The molecular weight excluding hydrogens is 382 g/mol. The highest BCUT2D eigenvalue weighted by Gasteiger charge is 2.33. The molecule has 1 aliphatic heterocycles. The fraction of sp³-hybridized carbons (Fsp3) is 0.609. The maximum absolute atomic E-state index is 13.1. The summed E-state index contributed by atoms with van der Waals surface area (Å²) in [5.41, 5.74) is 0.693. The third kappa shape index (κ3) is 4.23. The van der Waals surface area contributed by atoms with E-state index in [4.69, 9.17) is 4.98 Å². The van der Waals surface area contributed by atoms with Gasteiger partial charge in [-0.1, -0.05) is 50.1 Å². The van der Waals surface area contributed by atoms with Crippen molar-refractivity contribution < 1.29 is 4.79 Å². The van der Waals surface area contributed by atoms with Gasteiger partial charge in [-0.05, 0) is 50.2 Å². The van der Waals surface area contributed by atoms with E-state index >= 15 is 0 Å². The number of amides is 1. The highest BCUT2D eigenvalue weighted by Crippen LogP contribution is 2.36. The zero-order chi connectivity index (χ0) is 20.4. The van der Waals surface area contributed by atoms with Crippen LogP contribution in [0, 0.1) is 11.8 Å². The maximum atomic E-state index is 13.1. The summed E-state index contributed by atoms with van der Waals surface area (Å²) >= 11 is 1.41. The van der Waals surface area contributed by atoms with Gasteiger partial charge in [0, 0.05) is 19.1 Å². The third-order valence-electron chi connectivity index (χ3n) is 6.78. The summed E-state index contributed by atoms with van der Waals surface area (Å²) in [5, 5.41) is 1.30. The largest absolute Gasteiger partial charge is 0.342 e. The van der Waals surface area contributed by atoms with E-state index < -0.39 is 0 Å². The van der Waals surface area contributed by atoms with Crippen molar-refractivity contribution in [3.8, 4) is 0 Å². The molecular formula is C23H31N3O2S. The van der Waals surface area contributed by atoms with Gasteiger partial charge in [0.05, 0.1) is 16.7 Å². The van der Waals surface area contributed by atoms with Crippen LogP contribution in [0.15, 0.2) is 34.2 Å². The molecule has 0 bridgehead atoms. The highest BCUT2D eigenvalue weighted by molar-refractivity contribution is 7.99. The van der Waals surface area contributed by atoms with Gasteiger partial charge in [-0.2, -0.15) is 0 Å². The van der Waals surface area contributed by atoms with Gasteiger partial charge in [-0.15, -0.1) is 0 Å². The molecule has 29 heavy (non-hydrogen) atoms. The van der Waals surface area contributed by atoms with E-state index in [1.54, 1.807) is 4.57 Å². The monoisotopic (exact) mass is 413 g/mol. The van der Waals surface area contributed by atoms with Crippen molar-refractivity contribution in [1.29, 1.82) is 0 Å². The molecule has 3 atom stereocenters. The van der Waals surface area contributed by atoms with Crippen LogP contribution in [0.5, 0.6) is 0 Å². The fourth-order valence-electron chi connectivity index (χ4n) is 4.84. The average Bonchev–Trinajstić information content (AvgIpc) is 2.76. The SMILES string of the molecule is CC[C@@H](C)n1c(SCC(=O)N2CC[C@H]3CCCC[C@@H]3C2)nc2ccccc2c1=O. The Morgan fingerprint density at radius 2 is 1.97 bits per heavy atom. The van der Waals surface area contributed by atoms with E-state index in [0.717, 1.165) is 31.8 Å². The van der Waals surface area contributed by atoms with Crippen LogP contribution in [0.3, 0.4) is 0 Å². The van der Waals surface area contributed by atoms with Crippen molar-refractivity contribution in [2.24, 2.45) is 11.8 Å². The predicted octanol–water partition coefficient (Wildman–Crippen LogP) is 4.50. The van der Waals surface area contributed by atoms with Crippen molar-refractivity contribution in [2.75, 3.05) is 18.8 Å². The van der Waals surface area contributed by atoms with E-state index in [0.29, 0.717) is 27.7 Å². The number of nitrogens with zero attached hydrogens (tertiary/aromatic N) is 3. The van der Waals surface area contributed by atoms with Crippen molar-refractivity contribution in [3.05, 3.63) is 34.6 Å². The van der Waals surface area contributed by atoms with Crippen LogP contribution in [0.2, 0.25) is 0 Å². The number of carbonyl (C=O) groups is 1. The van der Waals surface area contributed by atoms with Crippen molar-refractivity contribution in [2.45, 2.75) is 63.6 Å². The van der Waals surface area contributed by atoms with E-state index in [1.807, 2.05) is 36.1 Å². The van der Waals surface area contributed by atoms with E-state index in [1.165, 1.54) is 37.4 Å². The van der Waals surface area contributed by atoms with Gasteiger partial charge < -0.3 is 4.90 Å². The molecule has 0 N–H and O–H groups in total. The summed E-state index contributed by atoms with van der Waals surface area (Å²) in [6, 6.07) is 7.53.